The van der Waals surface area contributed by atoms with Crippen molar-refractivity contribution in [2.75, 3.05) is 7.05 Å². The van der Waals surface area contributed by atoms with Gasteiger partial charge in [-0.05, 0) is 18.2 Å². The van der Waals surface area contributed by atoms with E-state index in [0.717, 1.165) is 19.2 Å². The van der Waals surface area contributed by atoms with E-state index in [2.05, 4.69) is 0 Å². The van der Waals surface area contributed by atoms with E-state index in [1.54, 1.807) is 0 Å². The number of nitrogens with zero attached hydrogens (tertiary/aromatic N) is 1. The highest BCUT2D eigenvalue weighted by Crippen LogP contribution is 2.34. The number of amides is 4. The molecule has 0 aliphatic carbocycles. The zero-order chi connectivity index (χ0) is 17.6. The number of imide groups is 1. The second kappa shape index (κ2) is 5.57. The third kappa shape index (κ3) is 2.81. The molecule has 11 heteroatoms. The summed E-state index contributed by atoms with van der Waals surface area (Å²) >= 11 is 11.4. The molecule has 1 heterocycles. The Labute approximate surface area is 137 Å². The first kappa shape index (κ1) is 17.4. The Kier molecular flexibility index (Phi) is 4.20. The van der Waals surface area contributed by atoms with E-state index in [0.29, 0.717) is 0 Å². The van der Waals surface area contributed by atoms with E-state index in [-0.39, 0.29) is 20.5 Å². The van der Waals surface area contributed by atoms with Crippen LogP contribution in [0.5, 0.6) is 0 Å². The predicted molar refractivity (Wildman–Crippen MR) is 74.0 cm³/mol. The monoisotopic (exact) mass is 369 g/mol. The van der Waals surface area contributed by atoms with Gasteiger partial charge in [0.2, 0.25) is 0 Å². The smallest absolute Gasteiger partial charge is 0.314 e. The maximum Gasteiger partial charge on any atom is 0.440 e. The topological polar surface area (TPSA) is 78.5 Å². The minimum absolute atomic E-state index is 0.169. The van der Waals surface area contributed by atoms with Gasteiger partial charge in [-0.1, -0.05) is 23.2 Å². The lowest BCUT2D eigenvalue weighted by Gasteiger charge is -2.29. The van der Waals surface area contributed by atoms with Crippen molar-refractivity contribution >= 4 is 41.0 Å². The van der Waals surface area contributed by atoms with Gasteiger partial charge in [-0.25, -0.2) is 4.79 Å². The van der Waals surface area contributed by atoms with Crippen LogP contribution >= 0.6 is 23.2 Å². The maximum absolute atomic E-state index is 13.3. The molecule has 1 aliphatic heterocycles. The van der Waals surface area contributed by atoms with Crippen LogP contribution in [0, 0.1) is 0 Å². The summed E-state index contributed by atoms with van der Waals surface area (Å²) in [5.74, 6) is -2.96. The third-order valence-electron chi connectivity index (χ3n) is 3.13. The minimum atomic E-state index is -5.26. The molecule has 124 valence electrons. The molecule has 0 radical (unpaired) electrons. The van der Waals surface area contributed by atoms with E-state index in [9.17, 15) is 27.6 Å². The van der Waals surface area contributed by atoms with Gasteiger partial charge in [0.15, 0.2) is 0 Å². The lowest BCUT2D eigenvalue weighted by Crippen LogP contribution is -2.69. The second-order valence-corrected chi connectivity index (χ2v) is 5.46. The molecule has 1 aliphatic rings. The van der Waals surface area contributed by atoms with Gasteiger partial charge in [-0.2, -0.15) is 13.2 Å². The van der Waals surface area contributed by atoms with Gasteiger partial charge in [-0.3, -0.25) is 19.8 Å². The Hall–Kier alpha value is -2.00. The maximum atomic E-state index is 13.3. The summed E-state index contributed by atoms with van der Waals surface area (Å²) in [4.78, 5) is 35.5. The van der Waals surface area contributed by atoms with Crippen LogP contribution in [0.3, 0.4) is 0 Å². The zero-order valence-electron chi connectivity index (χ0n) is 11.3. The second-order valence-electron chi connectivity index (χ2n) is 4.62. The van der Waals surface area contributed by atoms with E-state index < -0.39 is 29.7 Å². The highest BCUT2D eigenvalue weighted by molar-refractivity contribution is 6.36. The van der Waals surface area contributed by atoms with Crippen molar-refractivity contribution in [1.82, 2.24) is 15.5 Å². The van der Waals surface area contributed by atoms with Crippen LogP contribution in [0.1, 0.15) is 10.4 Å². The van der Waals surface area contributed by atoms with E-state index in [1.165, 1.54) is 16.7 Å². The van der Waals surface area contributed by atoms with Crippen LogP contribution in [0.4, 0.5) is 18.0 Å². The van der Waals surface area contributed by atoms with Crippen LogP contribution in [0.15, 0.2) is 18.2 Å². The van der Waals surface area contributed by atoms with Gasteiger partial charge in [0.25, 0.3) is 17.5 Å². The summed E-state index contributed by atoms with van der Waals surface area (Å²) in [6.07, 6.45) is -5.26. The fourth-order valence-electron chi connectivity index (χ4n) is 1.90. The number of urea groups is 1. The van der Waals surface area contributed by atoms with Gasteiger partial charge in [0.1, 0.15) is 0 Å². The minimum Gasteiger partial charge on any atom is -0.314 e. The van der Waals surface area contributed by atoms with Crippen molar-refractivity contribution in [3.05, 3.63) is 33.8 Å². The molecule has 1 saturated heterocycles. The molecular formula is C12H8Cl2F3N3O3. The molecule has 1 fully saturated rings. The number of likely N-dealkylation sites (N-methyl/N-ethyl adjacent to an activating group) is 1. The SMILES string of the molecule is CN1C(=O)N[C@@](NC(=O)c2ccc(Cl)cc2Cl)(C(F)(F)F)C1=O. The summed E-state index contributed by atoms with van der Waals surface area (Å²) in [6, 6.07) is 2.19. The normalized spacial score (nSPS) is 21.4. The molecule has 6 nitrogen and oxygen atoms in total. The first-order valence-electron chi connectivity index (χ1n) is 5.94. The fourth-order valence-corrected chi connectivity index (χ4v) is 2.39. The molecule has 0 spiro atoms. The largest absolute Gasteiger partial charge is 0.440 e. The molecule has 0 saturated carbocycles. The molecule has 0 unspecified atom stereocenters. The van der Waals surface area contributed by atoms with Crippen molar-refractivity contribution < 1.29 is 27.6 Å². The van der Waals surface area contributed by atoms with E-state index in [4.69, 9.17) is 23.2 Å². The Bertz CT molecular complexity index is 711. The van der Waals surface area contributed by atoms with Gasteiger partial charge in [0, 0.05) is 12.1 Å². The Morgan fingerprint density at radius 1 is 1.30 bits per heavy atom. The van der Waals surface area contributed by atoms with Crippen molar-refractivity contribution in [3.63, 3.8) is 0 Å². The van der Waals surface area contributed by atoms with Gasteiger partial charge in [-0.15, -0.1) is 0 Å². The molecule has 1 aromatic rings. The van der Waals surface area contributed by atoms with Crippen LogP contribution in [0.25, 0.3) is 0 Å². The number of rotatable bonds is 2. The fraction of sp³-hybridized carbons (Fsp3) is 0.250. The molecule has 4 amide bonds. The number of alkyl halides is 3. The Balaban J connectivity index is 2.42. The summed E-state index contributed by atoms with van der Waals surface area (Å²) in [7, 11) is 0.854. The highest BCUT2D eigenvalue weighted by atomic mass is 35.5. The van der Waals surface area contributed by atoms with Gasteiger partial charge in [0.05, 0.1) is 10.6 Å². The predicted octanol–water partition coefficient (Wildman–Crippen LogP) is 2.16. The van der Waals surface area contributed by atoms with Crippen LogP contribution in [0.2, 0.25) is 10.0 Å². The van der Waals surface area contributed by atoms with Crippen molar-refractivity contribution in [2.45, 2.75) is 11.8 Å². The molecule has 0 bridgehead atoms. The number of carbonyl (C=O) groups is 3. The summed E-state index contributed by atoms with van der Waals surface area (Å²) in [6.45, 7) is 0. The molecule has 2 N–H and O–H groups in total. The number of benzene rings is 1. The van der Waals surface area contributed by atoms with Crippen LogP contribution < -0.4 is 10.6 Å². The lowest BCUT2D eigenvalue weighted by molar-refractivity contribution is -0.199. The zero-order valence-corrected chi connectivity index (χ0v) is 12.8. The number of nitrogens with one attached hydrogen (secondary N) is 2. The standard InChI is InChI=1S/C12H8Cl2F3N3O3/c1-20-9(22)11(12(15,16)17,19-10(20)23)18-8(21)6-3-2-5(13)4-7(6)14/h2-4H,1H3,(H,18,21)(H,19,23)/t11-/m1/s1. The third-order valence-corrected chi connectivity index (χ3v) is 3.67. The first-order chi connectivity index (χ1) is 10.5. The average Bonchev–Trinajstić information content (AvgIpc) is 2.63. The lowest BCUT2D eigenvalue weighted by atomic mass is 10.1. The van der Waals surface area contributed by atoms with Crippen molar-refractivity contribution in [3.8, 4) is 0 Å². The van der Waals surface area contributed by atoms with Gasteiger partial charge >= 0.3 is 12.2 Å². The molecule has 0 aromatic heterocycles. The molecule has 23 heavy (non-hydrogen) atoms. The summed E-state index contributed by atoms with van der Waals surface area (Å²) in [5.41, 5.74) is -3.89. The molecule has 1 aromatic carbocycles. The van der Waals surface area contributed by atoms with E-state index >= 15 is 0 Å². The molecule has 1 atom stereocenters. The average molecular weight is 370 g/mol. The first-order valence-corrected chi connectivity index (χ1v) is 6.70. The Morgan fingerprint density at radius 2 is 1.91 bits per heavy atom. The summed E-state index contributed by atoms with van der Waals surface area (Å²) in [5, 5.41) is 2.91. The Morgan fingerprint density at radius 3 is 2.35 bits per heavy atom. The van der Waals surface area contributed by atoms with Crippen molar-refractivity contribution in [2.24, 2.45) is 0 Å². The molecule has 2 rings (SSSR count). The number of halogens is 5. The van der Waals surface area contributed by atoms with Gasteiger partial charge < -0.3 is 5.32 Å². The number of hydrogen-bond donors (Lipinski definition) is 2. The number of hydrogen-bond acceptors (Lipinski definition) is 3. The van der Waals surface area contributed by atoms with E-state index in [1.807, 2.05) is 0 Å². The number of carbonyl (C=O) groups excluding carboxylic acids is 3. The summed E-state index contributed by atoms with van der Waals surface area (Å²) < 4.78 is 40.0. The van der Waals surface area contributed by atoms with Crippen molar-refractivity contribution in [1.29, 1.82) is 0 Å². The quantitative estimate of drug-likeness (QED) is 0.784. The molecular weight excluding hydrogens is 362 g/mol. The highest BCUT2D eigenvalue weighted by Gasteiger charge is 2.68. The van der Waals surface area contributed by atoms with Crippen LogP contribution in [-0.2, 0) is 4.79 Å². The van der Waals surface area contributed by atoms with Crippen LogP contribution in [-0.4, -0.2) is 41.6 Å².